The lowest BCUT2D eigenvalue weighted by Crippen LogP contribution is -2.32. The SMILES string of the molecule is NC(Cc1ccc(F)cc1)C(=O)O.O. The number of carbonyl (C=O) groups is 1. The van der Waals surface area contributed by atoms with Crippen LogP contribution in [-0.2, 0) is 11.2 Å². The van der Waals surface area contributed by atoms with Crippen LogP contribution < -0.4 is 5.73 Å². The van der Waals surface area contributed by atoms with Crippen LogP contribution in [0, 0.1) is 5.82 Å². The number of halogens is 1. The Balaban J connectivity index is 0.00000169. The molecule has 0 bridgehead atoms. The van der Waals surface area contributed by atoms with Crippen LogP contribution in [0.15, 0.2) is 24.3 Å². The first-order valence-electron chi connectivity index (χ1n) is 3.82. The number of nitrogens with two attached hydrogens (primary N) is 1. The number of carboxylic acids is 1. The van der Waals surface area contributed by atoms with Crippen molar-refractivity contribution in [1.82, 2.24) is 0 Å². The van der Waals surface area contributed by atoms with E-state index in [-0.39, 0.29) is 17.7 Å². The van der Waals surface area contributed by atoms with Crippen LogP contribution in [0.25, 0.3) is 0 Å². The molecule has 1 aromatic rings. The predicted octanol–water partition coefficient (Wildman–Crippen LogP) is -0.0446. The van der Waals surface area contributed by atoms with Gasteiger partial charge in [-0.3, -0.25) is 4.79 Å². The predicted molar refractivity (Wildman–Crippen MR) is 49.3 cm³/mol. The number of hydrogen-bond acceptors (Lipinski definition) is 2. The van der Waals surface area contributed by atoms with Crippen LogP contribution in [0.2, 0.25) is 0 Å². The van der Waals surface area contributed by atoms with Crippen molar-refractivity contribution >= 4 is 5.97 Å². The zero-order valence-corrected chi connectivity index (χ0v) is 7.40. The molecule has 5 heteroatoms. The minimum absolute atomic E-state index is 0. The Morgan fingerprint density at radius 1 is 1.43 bits per heavy atom. The Hall–Kier alpha value is -1.46. The smallest absolute Gasteiger partial charge is 0.320 e. The fraction of sp³-hybridized carbons (Fsp3) is 0.222. The Bertz CT molecular complexity index is 299. The first kappa shape index (κ1) is 12.5. The highest BCUT2D eigenvalue weighted by atomic mass is 19.1. The highest BCUT2D eigenvalue weighted by Crippen LogP contribution is 2.04. The van der Waals surface area contributed by atoms with Crippen molar-refractivity contribution in [1.29, 1.82) is 0 Å². The minimum Gasteiger partial charge on any atom is -0.480 e. The monoisotopic (exact) mass is 201 g/mol. The van der Waals surface area contributed by atoms with Gasteiger partial charge in [0.1, 0.15) is 11.9 Å². The van der Waals surface area contributed by atoms with Gasteiger partial charge in [-0.25, -0.2) is 4.39 Å². The molecule has 0 aliphatic heterocycles. The Morgan fingerprint density at radius 2 is 1.93 bits per heavy atom. The van der Waals surface area contributed by atoms with E-state index in [0.717, 1.165) is 5.56 Å². The second-order valence-electron chi connectivity index (χ2n) is 2.78. The number of carboxylic acid groups (broad SMARTS) is 1. The first-order chi connectivity index (χ1) is 6.09. The van der Waals surface area contributed by atoms with E-state index in [0.29, 0.717) is 0 Å². The molecular formula is C9H12FNO3. The summed E-state index contributed by atoms with van der Waals surface area (Å²) in [7, 11) is 0. The van der Waals surface area contributed by atoms with Gasteiger partial charge in [-0.05, 0) is 24.1 Å². The van der Waals surface area contributed by atoms with Crippen molar-refractivity contribution in [2.45, 2.75) is 12.5 Å². The summed E-state index contributed by atoms with van der Waals surface area (Å²) in [5.74, 6) is -1.39. The van der Waals surface area contributed by atoms with Gasteiger partial charge in [0.2, 0.25) is 0 Å². The summed E-state index contributed by atoms with van der Waals surface area (Å²) in [5.41, 5.74) is 6.01. The van der Waals surface area contributed by atoms with Gasteiger partial charge in [0.25, 0.3) is 0 Å². The van der Waals surface area contributed by atoms with E-state index < -0.39 is 12.0 Å². The average molecular weight is 201 g/mol. The van der Waals surface area contributed by atoms with Crippen LogP contribution in [0.3, 0.4) is 0 Å². The molecule has 14 heavy (non-hydrogen) atoms. The van der Waals surface area contributed by atoms with E-state index in [1.165, 1.54) is 24.3 Å². The third kappa shape index (κ3) is 3.51. The van der Waals surface area contributed by atoms with Crippen LogP contribution in [0.1, 0.15) is 5.56 Å². The molecule has 1 atom stereocenters. The Kier molecular flexibility index (Phi) is 4.76. The van der Waals surface area contributed by atoms with Gasteiger partial charge < -0.3 is 16.3 Å². The maximum atomic E-state index is 12.4. The molecule has 0 aliphatic carbocycles. The summed E-state index contributed by atoms with van der Waals surface area (Å²) in [6.45, 7) is 0. The second-order valence-corrected chi connectivity index (χ2v) is 2.78. The molecule has 0 fully saturated rings. The van der Waals surface area contributed by atoms with E-state index >= 15 is 0 Å². The normalized spacial score (nSPS) is 11.6. The van der Waals surface area contributed by atoms with E-state index in [9.17, 15) is 9.18 Å². The number of aliphatic carboxylic acids is 1. The van der Waals surface area contributed by atoms with E-state index in [1.54, 1.807) is 0 Å². The molecule has 1 rings (SSSR count). The van der Waals surface area contributed by atoms with Crippen LogP contribution in [0.4, 0.5) is 4.39 Å². The van der Waals surface area contributed by atoms with Crippen molar-refractivity contribution in [2.75, 3.05) is 0 Å². The standard InChI is InChI=1S/C9H10FNO2.H2O/c10-7-3-1-6(2-4-7)5-8(11)9(12)13;/h1-4,8H,5,11H2,(H,12,13);1H2. The number of benzene rings is 1. The molecule has 78 valence electrons. The van der Waals surface area contributed by atoms with Gasteiger partial charge in [-0.15, -0.1) is 0 Å². The van der Waals surface area contributed by atoms with E-state index in [4.69, 9.17) is 10.8 Å². The molecule has 1 aromatic carbocycles. The van der Waals surface area contributed by atoms with Crippen LogP contribution in [-0.4, -0.2) is 22.6 Å². The molecule has 0 saturated heterocycles. The third-order valence-corrected chi connectivity index (χ3v) is 1.69. The lowest BCUT2D eigenvalue weighted by atomic mass is 10.1. The molecule has 0 amide bonds. The zero-order chi connectivity index (χ0) is 9.84. The van der Waals surface area contributed by atoms with Crippen LogP contribution in [0.5, 0.6) is 0 Å². The van der Waals surface area contributed by atoms with Crippen molar-refractivity contribution in [2.24, 2.45) is 5.73 Å². The van der Waals surface area contributed by atoms with Gasteiger partial charge in [-0.2, -0.15) is 0 Å². The molecule has 0 spiro atoms. The second kappa shape index (κ2) is 5.31. The largest absolute Gasteiger partial charge is 0.480 e. The van der Waals surface area contributed by atoms with Gasteiger partial charge >= 0.3 is 5.97 Å². The lowest BCUT2D eigenvalue weighted by molar-refractivity contribution is -0.138. The van der Waals surface area contributed by atoms with Crippen molar-refractivity contribution in [3.05, 3.63) is 35.6 Å². The van der Waals surface area contributed by atoms with Gasteiger partial charge in [0.15, 0.2) is 0 Å². The third-order valence-electron chi connectivity index (χ3n) is 1.69. The molecule has 0 aliphatic rings. The minimum atomic E-state index is -1.05. The van der Waals surface area contributed by atoms with Crippen molar-refractivity contribution in [3.8, 4) is 0 Å². The Labute approximate surface area is 80.5 Å². The van der Waals surface area contributed by atoms with Gasteiger partial charge in [0.05, 0.1) is 0 Å². The maximum absolute atomic E-state index is 12.4. The lowest BCUT2D eigenvalue weighted by Gasteiger charge is -2.05. The van der Waals surface area contributed by atoms with Gasteiger partial charge in [-0.1, -0.05) is 12.1 Å². The number of rotatable bonds is 3. The fourth-order valence-electron chi connectivity index (χ4n) is 0.962. The van der Waals surface area contributed by atoms with Gasteiger partial charge in [0, 0.05) is 0 Å². The fourth-order valence-corrected chi connectivity index (χ4v) is 0.962. The number of hydrogen-bond donors (Lipinski definition) is 2. The summed E-state index contributed by atoms with van der Waals surface area (Å²) in [5, 5.41) is 8.50. The highest BCUT2D eigenvalue weighted by Gasteiger charge is 2.11. The molecule has 4 nitrogen and oxygen atoms in total. The highest BCUT2D eigenvalue weighted by molar-refractivity contribution is 5.73. The summed E-state index contributed by atoms with van der Waals surface area (Å²) >= 11 is 0. The maximum Gasteiger partial charge on any atom is 0.320 e. The molecule has 1 unspecified atom stereocenters. The average Bonchev–Trinajstić information content (AvgIpc) is 2.08. The quantitative estimate of drug-likeness (QED) is 0.718. The van der Waals surface area contributed by atoms with Crippen molar-refractivity contribution in [3.63, 3.8) is 0 Å². The van der Waals surface area contributed by atoms with Crippen molar-refractivity contribution < 1.29 is 19.8 Å². The summed E-state index contributed by atoms with van der Waals surface area (Å²) in [4.78, 5) is 10.4. The molecule has 0 heterocycles. The summed E-state index contributed by atoms with van der Waals surface area (Å²) in [6, 6.07) is 4.69. The molecule has 5 N–H and O–H groups in total. The first-order valence-corrected chi connectivity index (χ1v) is 3.82. The summed E-state index contributed by atoms with van der Waals surface area (Å²) < 4.78 is 12.4. The zero-order valence-electron chi connectivity index (χ0n) is 7.40. The summed E-state index contributed by atoms with van der Waals surface area (Å²) in [6.07, 6.45) is 0.218. The van der Waals surface area contributed by atoms with Crippen LogP contribution >= 0.6 is 0 Å². The molecule has 0 radical (unpaired) electrons. The Morgan fingerprint density at radius 3 is 2.36 bits per heavy atom. The molecule has 0 aromatic heterocycles. The van der Waals surface area contributed by atoms with E-state index in [2.05, 4.69) is 0 Å². The van der Waals surface area contributed by atoms with E-state index in [1.807, 2.05) is 0 Å². The topological polar surface area (TPSA) is 94.8 Å². The molecule has 0 saturated carbocycles. The molecular weight excluding hydrogens is 189 g/mol.